The van der Waals surface area contributed by atoms with Gasteiger partial charge in [0.25, 0.3) is 0 Å². The first-order chi connectivity index (χ1) is 13.0. The lowest BCUT2D eigenvalue weighted by Gasteiger charge is -2.17. The lowest BCUT2D eigenvalue weighted by Crippen LogP contribution is -2.33. The maximum Gasteiger partial charge on any atom is 0.238 e. The fourth-order valence-corrected chi connectivity index (χ4v) is 2.45. The lowest BCUT2D eigenvalue weighted by molar-refractivity contribution is -0.117. The molecule has 1 N–H and O–H groups in total. The van der Waals surface area contributed by atoms with E-state index in [1.165, 1.54) is 0 Å². The number of rotatable bonds is 10. The summed E-state index contributed by atoms with van der Waals surface area (Å²) in [5, 5.41) is 2.85. The molecule has 7 heteroatoms. The number of ether oxygens (including phenoxy) is 4. The van der Waals surface area contributed by atoms with Crippen LogP contribution in [0.1, 0.15) is 0 Å². The van der Waals surface area contributed by atoms with E-state index >= 15 is 0 Å². The van der Waals surface area contributed by atoms with E-state index in [0.717, 1.165) is 0 Å². The average Bonchev–Trinajstić information content (AvgIpc) is 2.67. The zero-order valence-corrected chi connectivity index (χ0v) is 16.2. The summed E-state index contributed by atoms with van der Waals surface area (Å²) < 4.78 is 21.4. The Morgan fingerprint density at radius 3 is 2.19 bits per heavy atom. The van der Waals surface area contributed by atoms with Crippen LogP contribution in [-0.2, 0) is 4.79 Å². The number of hydrogen-bond acceptors (Lipinski definition) is 6. The van der Waals surface area contributed by atoms with Crippen molar-refractivity contribution in [2.24, 2.45) is 0 Å². The molecular formula is C20H26N2O5. The van der Waals surface area contributed by atoms with E-state index < -0.39 is 0 Å². The summed E-state index contributed by atoms with van der Waals surface area (Å²) in [4.78, 5) is 14.1. The number of benzene rings is 2. The van der Waals surface area contributed by atoms with Gasteiger partial charge in [0, 0.05) is 30.4 Å². The van der Waals surface area contributed by atoms with Crippen LogP contribution in [-0.4, -0.2) is 58.9 Å². The van der Waals surface area contributed by atoms with Crippen LogP contribution in [0.15, 0.2) is 42.5 Å². The van der Waals surface area contributed by atoms with Crippen LogP contribution in [0, 0.1) is 0 Å². The molecule has 27 heavy (non-hydrogen) atoms. The molecule has 0 bridgehead atoms. The normalized spacial score (nSPS) is 10.4. The number of likely N-dealkylation sites (N-methyl/N-ethyl adjacent to an activating group) is 1. The Hall–Kier alpha value is -2.93. The lowest BCUT2D eigenvalue weighted by atomic mass is 10.2. The van der Waals surface area contributed by atoms with Crippen LogP contribution in [0.25, 0.3) is 0 Å². The fourth-order valence-electron chi connectivity index (χ4n) is 2.45. The molecule has 2 aromatic rings. The summed E-state index contributed by atoms with van der Waals surface area (Å²) in [7, 11) is 6.59. The van der Waals surface area contributed by atoms with Crippen LogP contribution in [0.3, 0.4) is 0 Å². The topological polar surface area (TPSA) is 69.3 Å². The number of anilines is 1. The van der Waals surface area contributed by atoms with Gasteiger partial charge >= 0.3 is 0 Å². The monoisotopic (exact) mass is 374 g/mol. The maximum absolute atomic E-state index is 12.3. The maximum atomic E-state index is 12.3. The smallest absolute Gasteiger partial charge is 0.238 e. The minimum Gasteiger partial charge on any atom is -0.497 e. The van der Waals surface area contributed by atoms with Gasteiger partial charge in [0.1, 0.15) is 18.1 Å². The Balaban J connectivity index is 1.81. The number of nitrogens with zero attached hydrogens (tertiary/aromatic N) is 1. The van der Waals surface area contributed by atoms with Crippen LogP contribution in [0.5, 0.6) is 23.0 Å². The molecule has 0 atom stereocenters. The molecule has 0 fully saturated rings. The van der Waals surface area contributed by atoms with Crippen molar-refractivity contribution in [3.8, 4) is 23.0 Å². The van der Waals surface area contributed by atoms with E-state index in [4.69, 9.17) is 18.9 Å². The Morgan fingerprint density at radius 1 is 0.963 bits per heavy atom. The highest BCUT2D eigenvalue weighted by Gasteiger charge is 2.10. The van der Waals surface area contributed by atoms with Gasteiger partial charge in [-0.3, -0.25) is 9.69 Å². The summed E-state index contributed by atoms with van der Waals surface area (Å²) in [5.41, 5.74) is 0.620. The molecule has 0 spiro atoms. The minimum absolute atomic E-state index is 0.134. The molecular weight excluding hydrogens is 348 g/mol. The van der Waals surface area contributed by atoms with Crippen molar-refractivity contribution >= 4 is 11.6 Å². The Bertz CT molecular complexity index is 729. The summed E-state index contributed by atoms with van der Waals surface area (Å²) in [6, 6.07) is 12.7. The summed E-state index contributed by atoms with van der Waals surface area (Å²) in [5.74, 6) is 2.46. The number of nitrogens with one attached hydrogen (secondary N) is 1. The van der Waals surface area contributed by atoms with Crippen molar-refractivity contribution in [2.75, 3.05) is 53.4 Å². The highest BCUT2D eigenvalue weighted by Crippen LogP contribution is 2.26. The predicted octanol–water partition coefficient (Wildman–Crippen LogP) is 2.66. The molecule has 0 saturated heterocycles. The van der Waals surface area contributed by atoms with Gasteiger partial charge in [-0.2, -0.15) is 0 Å². The van der Waals surface area contributed by atoms with Crippen molar-refractivity contribution in [3.63, 3.8) is 0 Å². The minimum atomic E-state index is -0.134. The summed E-state index contributed by atoms with van der Waals surface area (Å²) in [6.07, 6.45) is 0. The molecule has 2 rings (SSSR count). The van der Waals surface area contributed by atoms with Crippen molar-refractivity contribution in [2.45, 2.75) is 0 Å². The zero-order valence-electron chi connectivity index (χ0n) is 16.2. The molecule has 2 aromatic carbocycles. The van der Waals surface area contributed by atoms with Gasteiger partial charge in [0.15, 0.2) is 11.5 Å². The highest BCUT2D eigenvalue weighted by molar-refractivity contribution is 5.92. The van der Waals surface area contributed by atoms with Gasteiger partial charge in [-0.1, -0.05) is 12.1 Å². The summed E-state index contributed by atoms with van der Waals surface area (Å²) >= 11 is 0. The number of methoxy groups -OCH3 is 3. The molecule has 0 heterocycles. The molecule has 0 aromatic heterocycles. The number of para-hydroxylation sites is 2. The number of amides is 1. The second kappa shape index (κ2) is 10.3. The Kier molecular flexibility index (Phi) is 7.76. The van der Waals surface area contributed by atoms with Gasteiger partial charge in [-0.25, -0.2) is 0 Å². The van der Waals surface area contributed by atoms with Gasteiger partial charge < -0.3 is 24.3 Å². The first-order valence-electron chi connectivity index (χ1n) is 8.53. The van der Waals surface area contributed by atoms with E-state index in [-0.39, 0.29) is 12.5 Å². The Morgan fingerprint density at radius 2 is 1.59 bits per heavy atom. The highest BCUT2D eigenvalue weighted by atomic mass is 16.5. The quantitative estimate of drug-likeness (QED) is 0.690. The van der Waals surface area contributed by atoms with Crippen LogP contribution >= 0.6 is 0 Å². The number of carbonyl (C=O) groups is 1. The van der Waals surface area contributed by atoms with E-state index in [1.54, 1.807) is 39.5 Å². The van der Waals surface area contributed by atoms with Crippen LogP contribution in [0.4, 0.5) is 5.69 Å². The molecule has 7 nitrogen and oxygen atoms in total. The van der Waals surface area contributed by atoms with Gasteiger partial charge in [-0.05, 0) is 19.2 Å². The van der Waals surface area contributed by atoms with Crippen LogP contribution < -0.4 is 24.3 Å². The van der Waals surface area contributed by atoms with E-state index in [1.807, 2.05) is 36.2 Å². The number of hydrogen-bond donors (Lipinski definition) is 1. The Labute approximate surface area is 159 Å². The predicted molar refractivity (Wildman–Crippen MR) is 104 cm³/mol. The first kappa shape index (κ1) is 20.4. The van der Waals surface area contributed by atoms with Crippen molar-refractivity contribution in [1.29, 1.82) is 0 Å². The molecule has 0 aliphatic heterocycles. The standard InChI is InChI=1S/C20H26N2O5/c1-22(9-10-27-19-8-6-5-7-18(19)26-4)14-20(23)21-15-11-16(24-2)13-17(12-15)25-3/h5-8,11-13H,9-10,14H2,1-4H3,(H,21,23). The second-order valence-corrected chi connectivity index (χ2v) is 5.89. The third kappa shape index (κ3) is 6.38. The third-order valence-electron chi connectivity index (χ3n) is 3.85. The summed E-state index contributed by atoms with van der Waals surface area (Å²) in [6.45, 7) is 1.26. The number of carbonyl (C=O) groups excluding carboxylic acids is 1. The SMILES string of the molecule is COc1cc(NC(=O)CN(C)CCOc2ccccc2OC)cc(OC)c1. The largest absolute Gasteiger partial charge is 0.497 e. The first-order valence-corrected chi connectivity index (χ1v) is 8.53. The zero-order chi connectivity index (χ0) is 19.6. The third-order valence-corrected chi connectivity index (χ3v) is 3.85. The van der Waals surface area contributed by atoms with Gasteiger partial charge in [0.05, 0.1) is 27.9 Å². The van der Waals surface area contributed by atoms with E-state index in [2.05, 4.69) is 5.32 Å². The second-order valence-electron chi connectivity index (χ2n) is 5.89. The molecule has 0 aliphatic rings. The molecule has 0 aliphatic carbocycles. The molecule has 0 saturated carbocycles. The van der Waals surface area contributed by atoms with Crippen LogP contribution in [0.2, 0.25) is 0 Å². The molecule has 1 amide bonds. The van der Waals surface area contributed by atoms with E-state index in [9.17, 15) is 4.79 Å². The van der Waals surface area contributed by atoms with Crippen molar-refractivity contribution < 1.29 is 23.7 Å². The molecule has 0 radical (unpaired) electrons. The fraction of sp³-hybridized carbons (Fsp3) is 0.350. The van der Waals surface area contributed by atoms with E-state index in [0.29, 0.717) is 41.8 Å². The van der Waals surface area contributed by atoms with Crippen molar-refractivity contribution in [3.05, 3.63) is 42.5 Å². The van der Waals surface area contributed by atoms with Crippen molar-refractivity contribution in [1.82, 2.24) is 4.90 Å². The molecule has 146 valence electrons. The average molecular weight is 374 g/mol. The van der Waals surface area contributed by atoms with Gasteiger partial charge in [-0.15, -0.1) is 0 Å². The molecule has 0 unspecified atom stereocenters. The van der Waals surface area contributed by atoms with Gasteiger partial charge in [0.2, 0.25) is 5.91 Å².